The molecule has 1 heterocycles. The van der Waals surface area contributed by atoms with Gasteiger partial charge in [0, 0.05) is 33.0 Å². The Hall–Kier alpha value is -1.69. The highest BCUT2D eigenvalue weighted by Gasteiger charge is 2.33. The molecule has 0 radical (unpaired) electrons. The number of amides is 1. The molecule has 1 aromatic rings. The lowest BCUT2D eigenvalue weighted by atomic mass is 10.0. The first-order valence-electron chi connectivity index (χ1n) is 6.95. The van der Waals surface area contributed by atoms with Gasteiger partial charge in [0.1, 0.15) is 0 Å². The van der Waals surface area contributed by atoms with E-state index in [-0.39, 0.29) is 12.5 Å². The van der Waals surface area contributed by atoms with Crippen molar-refractivity contribution in [3.05, 3.63) is 18.5 Å². The van der Waals surface area contributed by atoms with Crippen LogP contribution in [0.3, 0.4) is 0 Å². The third kappa shape index (κ3) is 3.66. The normalized spacial score (nSPS) is 16.9. The highest BCUT2D eigenvalue weighted by atomic mass is 16.3. The maximum Gasteiger partial charge on any atom is 0.242 e. The zero-order chi connectivity index (χ0) is 14.6. The Labute approximate surface area is 119 Å². The topological polar surface area (TPSA) is 69.6 Å². The Morgan fingerprint density at radius 3 is 2.50 bits per heavy atom. The van der Waals surface area contributed by atoms with Crippen LogP contribution in [-0.4, -0.2) is 58.7 Å². The van der Waals surface area contributed by atoms with Crippen molar-refractivity contribution in [1.82, 2.24) is 14.9 Å². The largest absolute Gasteiger partial charge is 0.388 e. The van der Waals surface area contributed by atoms with Crippen molar-refractivity contribution in [1.29, 1.82) is 0 Å². The van der Waals surface area contributed by atoms with Gasteiger partial charge in [0.05, 0.1) is 12.1 Å². The predicted molar refractivity (Wildman–Crippen MR) is 76.4 cm³/mol. The van der Waals surface area contributed by atoms with Gasteiger partial charge in [0.2, 0.25) is 11.9 Å². The molecule has 1 aliphatic carbocycles. The molecule has 1 aromatic heterocycles. The van der Waals surface area contributed by atoms with E-state index in [0.29, 0.717) is 12.5 Å². The third-order valence-electron chi connectivity index (χ3n) is 3.76. The summed E-state index contributed by atoms with van der Waals surface area (Å²) in [6.45, 7) is 0.603. The number of anilines is 1. The SMILES string of the molecule is CN(CC1(O)CCCC1)C(=O)CN(C)c1ncccn1. The molecule has 1 N–H and O–H groups in total. The van der Waals surface area contributed by atoms with Gasteiger partial charge in [0.15, 0.2) is 0 Å². The summed E-state index contributed by atoms with van der Waals surface area (Å²) in [5.74, 6) is 0.481. The van der Waals surface area contributed by atoms with E-state index in [1.54, 1.807) is 42.4 Å². The molecule has 1 aliphatic rings. The number of aliphatic hydroxyl groups is 1. The van der Waals surface area contributed by atoms with Crippen molar-refractivity contribution in [2.75, 3.05) is 32.1 Å². The third-order valence-corrected chi connectivity index (χ3v) is 3.76. The van der Waals surface area contributed by atoms with E-state index < -0.39 is 5.60 Å². The minimum atomic E-state index is -0.702. The summed E-state index contributed by atoms with van der Waals surface area (Å²) in [7, 11) is 3.52. The van der Waals surface area contributed by atoms with Crippen molar-refractivity contribution in [3.63, 3.8) is 0 Å². The standard InChI is InChI=1S/C14H22N4O2/c1-17(13-15-8-5-9-16-13)10-12(19)18(2)11-14(20)6-3-4-7-14/h5,8-9,20H,3-4,6-7,10-11H2,1-2H3. The minimum absolute atomic E-state index is 0.0414. The maximum absolute atomic E-state index is 12.2. The Morgan fingerprint density at radius 1 is 1.30 bits per heavy atom. The van der Waals surface area contributed by atoms with Crippen molar-refractivity contribution >= 4 is 11.9 Å². The van der Waals surface area contributed by atoms with Crippen LogP contribution in [0.1, 0.15) is 25.7 Å². The summed E-state index contributed by atoms with van der Waals surface area (Å²) in [6, 6.07) is 1.74. The van der Waals surface area contributed by atoms with Gasteiger partial charge >= 0.3 is 0 Å². The van der Waals surface area contributed by atoms with E-state index in [0.717, 1.165) is 25.7 Å². The summed E-state index contributed by atoms with van der Waals surface area (Å²) in [4.78, 5) is 23.7. The Bertz CT molecular complexity index is 446. The van der Waals surface area contributed by atoms with Gasteiger partial charge in [-0.1, -0.05) is 12.8 Å². The molecule has 0 bridgehead atoms. The summed E-state index contributed by atoms with van der Waals surface area (Å²) in [6.07, 6.45) is 6.93. The first-order chi connectivity index (χ1) is 9.50. The molecule has 1 amide bonds. The molecule has 6 heteroatoms. The van der Waals surface area contributed by atoms with E-state index in [1.165, 1.54) is 0 Å². The smallest absolute Gasteiger partial charge is 0.242 e. The van der Waals surface area contributed by atoms with E-state index in [1.807, 2.05) is 0 Å². The van der Waals surface area contributed by atoms with Crippen molar-refractivity contribution in [3.8, 4) is 0 Å². The number of hydrogen-bond donors (Lipinski definition) is 1. The number of rotatable bonds is 5. The quantitative estimate of drug-likeness (QED) is 0.857. The molecule has 0 saturated heterocycles. The molecule has 0 spiro atoms. The molecular formula is C14H22N4O2. The highest BCUT2D eigenvalue weighted by molar-refractivity contribution is 5.80. The average Bonchev–Trinajstić information content (AvgIpc) is 2.86. The van der Waals surface area contributed by atoms with Crippen LogP contribution >= 0.6 is 0 Å². The van der Waals surface area contributed by atoms with Crippen molar-refractivity contribution in [2.24, 2.45) is 0 Å². The molecule has 0 unspecified atom stereocenters. The van der Waals surface area contributed by atoms with E-state index in [2.05, 4.69) is 9.97 Å². The van der Waals surface area contributed by atoms with Crippen LogP contribution in [0.15, 0.2) is 18.5 Å². The fourth-order valence-electron chi connectivity index (χ4n) is 2.60. The van der Waals surface area contributed by atoms with Gasteiger partial charge in [-0.25, -0.2) is 9.97 Å². The van der Waals surface area contributed by atoms with Crippen LogP contribution in [0.25, 0.3) is 0 Å². The summed E-state index contributed by atoms with van der Waals surface area (Å²) in [5, 5.41) is 10.3. The number of nitrogens with zero attached hydrogens (tertiary/aromatic N) is 4. The molecule has 0 atom stereocenters. The second kappa shape index (κ2) is 6.17. The lowest BCUT2D eigenvalue weighted by molar-refractivity contribution is -0.131. The molecular weight excluding hydrogens is 256 g/mol. The summed E-state index contributed by atoms with van der Waals surface area (Å²) >= 11 is 0. The first kappa shape index (κ1) is 14.7. The Balaban J connectivity index is 1.88. The Kier molecular flexibility index (Phi) is 4.54. The van der Waals surface area contributed by atoms with E-state index in [9.17, 15) is 9.90 Å². The number of likely N-dealkylation sites (N-methyl/N-ethyl adjacent to an activating group) is 2. The number of carbonyl (C=O) groups excluding carboxylic acids is 1. The number of aromatic nitrogens is 2. The van der Waals surface area contributed by atoms with Crippen LogP contribution in [0.2, 0.25) is 0 Å². The zero-order valence-corrected chi connectivity index (χ0v) is 12.1. The molecule has 1 saturated carbocycles. The van der Waals surface area contributed by atoms with Crippen LogP contribution in [0.5, 0.6) is 0 Å². The monoisotopic (exact) mass is 278 g/mol. The fourth-order valence-corrected chi connectivity index (χ4v) is 2.60. The lowest BCUT2D eigenvalue weighted by Crippen LogP contribution is -2.45. The predicted octanol–water partition coefficient (Wildman–Crippen LogP) is 0.676. The second-order valence-electron chi connectivity index (χ2n) is 5.59. The highest BCUT2D eigenvalue weighted by Crippen LogP contribution is 2.29. The molecule has 6 nitrogen and oxygen atoms in total. The molecule has 1 fully saturated rings. The molecule has 0 aliphatic heterocycles. The molecule has 0 aromatic carbocycles. The van der Waals surface area contributed by atoms with Crippen LogP contribution in [0.4, 0.5) is 5.95 Å². The van der Waals surface area contributed by atoms with Crippen LogP contribution < -0.4 is 4.90 Å². The summed E-state index contributed by atoms with van der Waals surface area (Å²) in [5.41, 5.74) is -0.702. The lowest BCUT2D eigenvalue weighted by Gasteiger charge is -2.29. The summed E-state index contributed by atoms with van der Waals surface area (Å²) < 4.78 is 0. The van der Waals surface area contributed by atoms with E-state index in [4.69, 9.17) is 0 Å². The maximum atomic E-state index is 12.2. The average molecular weight is 278 g/mol. The number of carbonyl (C=O) groups is 1. The zero-order valence-electron chi connectivity index (χ0n) is 12.1. The van der Waals surface area contributed by atoms with Gasteiger partial charge in [-0.15, -0.1) is 0 Å². The number of hydrogen-bond acceptors (Lipinski definition) is 5. The Morgan fingerprint density at radius 2 is 1.90 bits per heavy atom. The van der Waals surface area contributed by atoms with Crippen LogP contribution in [-0.2, 0) is 4.79 Å². The van der Waals surface area contributed by atoms with Crippen molar-refractivity contribution in [2.45, 2.75) is 31.3 Å². The molecule has 2 rings (SSSR count). The van der Waals surface area contributed by atoms with E-state index >= 15 is 0 Å². The minimum Gasteiger partial charge on any atom is -0.388 e. The van der Waals surface area contributed by atoms with Gasteiger partial charge < -0.3 is 14.9 Å². The van der Waals surface area contributed by atoms with Gasteiger partial charge in [0.25, 0.3) is 0 Å². The van der Waals surface area contributed by atoms with Gasteiger partial charge in [-0.2, -0.15) is 0 Å². The second-order valence-corrected chi connectivity index (χ2v) is 5.59. The molecule has 20 heavy (non-hydrogen) atoms. The fraction of sp³-hybridized carbons (Fsp3) is 0.643. The van der Waals surface area contributed by atoms with Gasteiger partial charge in [-0.3, -0.25) is 4.79 Å². The van der Waals surface area contributed by atoms with Crippen LogP contribution in [0, 0.1) is 0 Å². The van der Waals surface area contributed by atoms with Gasteiger partial charge in [-0.05, 0) is 18.9 Å². The molecule has 110 valence electrons. The van der Waals surface area contributed by atoms with Crippen molar-refractivity contribution < 1.29 is 9.90 Å². The first-order valence-corrected chi connectivity index (χ1v) is 6.95.